The lowest BCUT2D eigenvalue weighted by atomic mass is 10.0. The smallest absolute Gasteiger partial charge is 0.305 e. The van der Waals surface area contributed by atoms with Crippen LogP contribution in [0.2, 0.25) is 18.6 Å². The van der Waals surface area contributed by atoms with Crippen LogP contribution < -0.4 is 5.19 Å². The second-order valence-electron chi connectivity index (χ2n) is 9.12. The van der Waals surface area contributed by atoms with E-state index in [1.54, 1.807) is 0 Å². The fraction of sp³-hybridized carbons (Fsp3) is 0.692. The molecule has 3 nitrogen and oxygen atoms in total. The first-order valence-electron chi connectivity index (χ1n) is 12.1. The zero-order valence-corrected chi connectivity index (χ0v) is 20.9. The van der Waals surface area contributed by atoms with E-state index in [4.69, 9.17) is 4.74 Å². The van der Waals surface area contributed by atoms with Crippen LogP contribution in [-0.2, 0) is 14.3 Å². The van der Waals surface area contributed by atoms with Gasteiger partial charge >= 0.3 is 5.97 Å². The first-order valence-corrected chi connectivity index (χ1v) is 15.2. The number of ether oxygens (including phenoxy) is 1. The minimum Gasteiger partial charge on any atom is -0.466 e. The van der Waals surface area contributed by atoms with Crippen LogP contribution in [0.25, 0.3) is 0 Å². The van der Waals surface area contributed by atoms with Gasteiger partial charge in [0.15, 0.2) is 0 Å². The van der Waals surface area contributed by atoms with Crippen molar-refractivity contribution >= 4 is 25.0 Å². The summed E-state index contributed by atoms with van der Waals surface area (Å²) >= 11 is 0. The van der Waals surface area contributed by atoms with Gasteiger partial charge in [-0.1, -0.05) is 107 Å². The van der Waals surface area contributed by atoms with Gasteiger partial charge in [-0.05, 0) is 18.9 Å². The van der Waals surface area contributed by atoms with Gasteiger partial charge in [-0.3, -0.25) is 9.59 Å². The number of benzene rings is 1. The molecule has 0 radical (unpaired) electrons. The van der Waals surface area contributed by atoms with Gasteiger partial charge < -0.3 is 4.74 Å². The molecule has 0 aliphatic rings. The fourth-order valence-electron chi connectivity index (χ4n) is 4.12. The van der Waals surface area contributed by atoms with Gasteiger partial charge in [-0.25, -0.2) is 0 Å². The van der Waals surface area contributed by atoms with Crippen LogP contribution in [0.3, 0.4) is 0 Å². The first-order chi connectivity index (χ1) is 14.4. The number of unbranched alkanes of at least 4 members (excludes halogenated alkanes) is 8. The Morgan fingerprint density at radius 2 is 1.40 bits per heavy atom. The highest BCUT2D eigenvalue weighted by Crippen LogP contribution is 2.31. The second-order valence-corrected chi connectivity index (χ2v) is 14.0. The highest BCUT2D eigenvalue weighted by atomic mass is 28.3. The van der Waals surface area contributed by atoms with E-state index in [0.717, 1.165) is 12.8 Å². The number of carbonyl (C=O) groups is 2. The van der Waals surface area contributed by atoms with E-state index in [1.807, 2.05) is 13.0 Å². The predicted molar refractivity (Wildman–Crippen MR) is 130 cm³/mol. The Hall–Kier alpha value is -1.42. The van der Waals surface area contributed by atoms with Crippen molar-refractivity contribution in [3.63, 3.8) is 0 Å². The monoisotopic (exact) mass is 432 g/mol. The Morgan fingerprint density at radius 3 is 1.97 bits per heavy atom. The van der Waals surface area contributed by atoms with Crippen molar-refractivity contribution in [1.82, 2.24) is 0 Å². The summed E-state index contributed by atoms with van der Waals surface area (Å²) in [4.78, 5) is 25.0. The molecule has 0 aromatic heterocycles. The molecule has 0 amide bonds. The molecule has 0 aliphatic carbocycles. The molecule has 0 saturated heterocycles. The van der Waals surface area contributed by atoms with E-state index >= 15 is 0 Å². The van der Waals surface area contributed by atoms with Crippen LogP contribution >= 0.6 is 0 Å². The predicted octanol–water partition coefficient (Wildman–Crippen LogP) is 6.81. The number of hydrogen-bond acceptors (Lipinski definition) is 3. The molecule has 1 atom stereocenters. The topological polar surface area (TPSA) is 43.4 Å². The average Bonchev–Trinajstić information content (AvgIpc) is 2.73. The fourth-order valence-corrected chi connectivity index (χ4v) is 7.05. The van der Waals surface area contributed by atoms with E-state index in [0.29, 0.717) is 31.7 Å². The van der Waals surface area contributed by atoms with Gasteiger partial charge in [0.2, 0.25) is 0 Å². The maximum absolute atomic E-state index is 12.7. The molecule has 0 saturated carbocycles. The van der Waals surface area contributed by atoms with E-state index < -0.39 is 8.07 Å². The molecule has 170 valence electrons. The Balaban J connectivity index is 2.50. The lowest BCUT2D eigenvalue weighted by Crippen LogP contribution is -2.47. The molecular weight excluding hydrogens is 388 g/mol. The summed E-state index contributed by atoms with van der Waals surface area (Å²) in [5.41, 5.74) is 0.0880. The van der Waals surface area contributed by atoms with Crippen molar-refractivity contribution in [3.05, 3.63) is 30.3 Å². The highest BCUT2D eigenvalue weighted by Gasteiger charge is 2.36. The van der Waals surface area contributed by atoms with E-state index in [9.17, 15) is 9.59 Å². The largest absolute Gasteiger partial charge is 0.466 e. The van der Waals surface area contributed by atoms with Gasteiger partial charge in [-0.2, -0.15) is 0 Å². The third-order valence-corrected chi connectivity index (χ3v) is 10.6. The van der Waals surface area contributed by atoms with E-state index in [2.05, 4.69) is 44.3 Å². The van der Waals surface area contributed by atoms with Gasteiger partial charge in [0.25, 0.3) is 0 Å². The van der Waals surface area contributed by atoms with Crippen LogP contribution in [0.1, 0.15) is 90.9 Å². The van der Waals surface area contributed by atoms with Crippen LogP contribution in [-0.4, -0.2) is 26.4 Å². The summed E-state index contributed by atoms with van der Waals surface area (Å²) in [7, 11) is -1.96. The number of hydrogen-bond donors (Lipinski definition) is 0. The maximum Gasteiger partial charge on any atom is 0.305 e. The third kappa shape index (κ3) is 10.6. The summed E-state index contributed by atoms with van der Waals surface area (Å²) in [5, 5.41) is 1.30. The van der Waals surface area contributed by atoms with E-state index in [-0.39, 0.29) is 11.5 Å². The lowest BCUT2D eigenvalue weighted by Gasteiger charge is -2.32. The molecule has 30 heavy (non-hydrogen) atoms. The zero-order valence-electron chi connectivity index (χ0n) is 19.9. The van der Waals surface area contributed by atoms with Crippen molar-refractivity contribution in [2.45, 2.75) is 110 Å². The number of rotatable bonds is 17. The average molecular weight is 433 g/mol. The number of carbonyl (C=O) groups excluding carboxylic acids is 2. The summed E-state index contributed by atoms with van der Waals surface area (Å²) in [6, 6.07) is 10.4. The second kappa shape index (κ2) is 15.4. The van der Waals surface area contributed by atoms with Crippen LogP contribution in [0.4, 0.5) is 0 Å². The quantitative estimate of drug-likeness (QED) is 0.154. The summed E-state index contributed by atoms with van der Waals surface area (Å²) in [6.07, 6.45) is 12.8. The number of Topliss-reactive ketones (excluding diaryl/α,β-unsaturated/α-hetero) is 1. The Bertz CT molecular complexity index is 598. The molecule has 4 heteroatoms. The minimum atomic E-state index is -1.96. The van der Waals surface area contributed by atoms with Gasteiger partial charge in [0, 0.05) is 19.3 Å². The molecule has 0 N–H and O–H groups in total. The van der Waals surface area contributed by atoms with Crippen molar-refractivity contribution in [2.75, 3.05) is 6.61 Å². The van der Waals surface area contributed by atoms with Gasteiger partial charge in [-0.15, -0.1) is 0 Å². The van der Waals surface area contributed by atoms with Crippen LogP contribution in [0, 0.1) is 0 Å². The van der Waals surface area contributed by atoms with E-state index in [1.165, 1.54) is 50.1 Å². The molecule has 0 spiro atoms. The van der Waals surface area contributed by atoms with Crippen LogP contribution in [0.5, 0.6) is 0 Å². The molecule has 0 fully saturated rings. The molecule has 1 aromatic carbocycles. The van der Waals surface area contributed by atoms with Crippen molar-refractivity contribution in [1.29, 1.82) is 0 Å². The SMILES string of the molecule is CCCCCCCCCCCC(=O)C[C@@H](CC(=O)OCC)[Si](C)(C)c1ccccc1. The Kier molecular flexibility index (Phi) is 13.7. The molecule has 0 aliphatic heterocycles. The minimum absolute atomic E-state index is 0.0880. The molecule has 1 rings (SSSR count). The lowest BCUT2D eigenvalue weighted by molar-refractivity contribution is -0.143. The normalized spacial score (nSPS) is 12.5. The van der Waals surface area contributed by atoms with Gasteiger partial charge in [0.1, 0.15) is 5.78 Å². The first kappa shape index (κ1) is 26.6. The third-order valence-electron chi connectivity index (χ3n) is 6.29. The summed E-state index contributed by atoms with van der Waals surface area (Å²) in [6.45, 7) is 9.03. The molecule has 0 heterocycles. The summed E-state index contributed by atoms with van der Waals surface area (Å²) in [5.74, 6) is 0.138. The summed E-state index contributed by atoms with van der Waals surface area (Å²) < 4.78 is 5.22. The van der Waals surface area contributed by atoms with Crippen molar-refractivity contribution in [2.24, 2.45) is 0 Å². The Morgan fingerprint density at radius 1 is 0.833 bits per heavy atom. The standard InChI is InChI=1S/C26H44O3Si/c1-5-7-8-9-10-11-12-13-15-18-23(27)21-25(22-26(28)29-6-2)30(3,4)24-19-16-14-17-20-24/h14,16-17,19-20,25H,5-13,15,18,21-22H2,1-4H3/t25-/m0/s1. The van der Waals surface area contributed by atoms with Crippen molar-refractivity contribution in [3.8, 4) is 0 Å². The Labute approximate surface area is 186 Å². The molecular formula is C26H44O3Si. The van der Waals surface area contributed by atoms with Crippen molar-refractivity contribution < 1.29 is 14.3 Å². The van der Waals surface area contributed by atoms with Crippen LogP contribution in [0.15, 0.2) is 30.3 Å². The molecule has 1 aromatic rings. The number of esters is 1. The van der Waals surface area contributed by atoms with Gasteiger partial charge in [0.05, 0.1) is 14.7 Å². The number of ketones is 1. The molecule has 0 bridgehead atoms. The highest BCUT2D eigenvalue weighted by molar-refractivity contribution is 6.91. The zero-order chi connectivity index (χ0) is 22.2. The molecule has 0 unspecified atom stereocenters. The maximum atomic E-state index is 12.7.